The molecule has 7 heteroatoms. The predicted molar refractivity (Wildman–Crippen MR) is 103 cm³/mol. The normalized spacial score (nSPS) is 28.1. The number of para-hydroxylation sites is 1. The second-order valence-corrected chi connectivity index (χ2v) is 8.02. The Kier molecular flexibility index (Phi) is 4.40. The van der Waals surface area contributed by atoms with E-state index in [1.165, 1.54) is 0 Å². The summed E-state index contributed by atoms with van der Waals surface area (Å²) in [5.74, 6) is -0.305. The summed E-state index contributed by atoms with van der Waals surface area (Å²) in [6.45, 7) is 5.38. The minimum absolute atomic E-state index is 0.110. The van der Waals surface area contributed by atoms with Crippen molar-refractivity contribution in [2.45, 2.75) is 57.7 Å². The van der Waals surface area contributed by atoms with Crippen LogP contribution in [-0.4, -0.2) is 46.3 Å². The van der Waals surface area contributed by atoms with Crippen LogP contribution in [0.1, 0.15) is 45.8 Å². The molecule has 0 unspecified atom stereocenters. The molecule has 0 spiro atoms. The Hall–Kier alpha value is -2.83. The number of nitrogens with one attached hydrogen (secondary N) is 1. The van der Waals surface area contributed by atoms with Crippen LogP contribution < -0.4 is 5.32 Å². The van der Waals surface area contributed by atoms with Gasteiger partial charge in [-0.05, 0) is 52.2 Å². The highest BCUT2D eigenvalue weighted by Crippen LogP contribution is 2.33. The number of amides is 4. The van der Waals surface area contributed by atoms with Crippen molar-refractivity contribution in [3.05, 3.63) is 36.1 Å². The minimum atomic E-state index is -1.32. The number of rotatable bonds is 3. The fraction of sp³-hybridized carbons (Fsp3) is 0.476. The largest absolute Gasteiger partial charge is 0.458 e. The Morgan fingerprint density at radius 3 is 2.57 bits per heavy atom. The van der Waals surface area contributed by atoms with Crippen molar-refractivity contribution in [2.75, 3.05) is 6.54 Å². The topological polar surface area (TPSA) is 82.9 Å². The number of nitrogens with zero attached hydrogens (tertiary/aromatic N) is 2. The van der Waals surface area contributed by atoms with Gasteiger partial charge < -0.3 is 14.6 Å². The fourth-order valence-corrected chi connectivity index (χ4v) is 4.37. The zero-order valence-electron chi connectivity index (χ0n) is 16.4. The van der Waals surface area contributed by atoms with Gasteiger partial charge in [-0.1, -0.05) is 18.2 Å². The summed E-state index contributed by atoms with van der Waals surface area (Å²) >= 11 is 0. The number of carbonyl (C=O) groups is 3. The maximum Gasteiger partial charge on any atom is 0.325 e. The first kappa shape index (κ1) is 18.5. The number of furan rings is 1. The molecular formula is C21H25N3O4. The summed E-state index contributed by atoms with van der Waals surface area (Å²) in [4.78, 5) is 41.4. The molecule has 28 heavy (non-hydrogen) atoms. The first-order valence-corrected chi connectivity index (χ1v) is 9.75. The van der Waals surface area contributed by atoms with Gasteiger partial charge in [0.15, 0.2) is 5.54 Å². The molecule has 0 saturated carbocycles. The summed E-state index contributed by atoms with van der Waals surface area (Å²) in [6, 6.07) is 8.82. The van der Waals surface area contributed by atoms with Gasteiger partial charge in [0.05, 0.1) is 0 Å². The highest BCUT2D eigenvalue weighted by Gasteiger charge is 2.52. The molecule has 2 fully saturated rings. The summed E-state index contributed by atoms with van der Waals surface area (Å²) in [5.41, 5.74) is -0.679. The van der Waals surface area contributed by atoms with Crippen molar-refractivity contribution in [1.82, 2.24) is 15.1 Å². The van der Waals surface area contributed by atoms with Gasteiger partial charge in [0.1, 0.15) is 17.9 Å². The molecule has 0 radical (unpaired) electrons. The van der Waals surface area contributed by atoms with Crippen molar-refractivity contribution < 1.29 is 18.8 Å². The van der Waals surface area contributed by atoms with Crippen LogP contribution in [0.4, 0.5) is 4.79 Å². The summed E-state index contributed by atoms with van der Waals surface area (Å²) in [5, 5.41) is 3.56. The van der Waals surface area contributed by atoms with Gasteiger partial charge >= 0.3 is 6.03 Å². The number of likely N-dealkylation sites (tertiary alicyclic amines) is 1. The van der Waals surface area contributed by atoms with Gasteiger partial charge in [-0.2, -0.15) is 0 Å². The average molecular weight is 383 g/mol. The van der Waals surface area contributed by atoms with Crippen LogP contribution in [0, 0.1) is 0 Å². The van der Waals surface area contributed by atoms with E-state index in [0.717, 1.165) is 29.5 Å². The van der Waals surface area contributed by atoms with E-state index < -0.39 is 17.5 Å². The Morgan fingerprint density at radius 1 is 1.21 bits per heavy atom. The van der Waals surface area contributed by atoms with Crippen LogP contribution in [-0.2, 0) is 15.1 Å². The lowest BCUT2D eigenvalue weighted by Crippen LogP contribution is -2.52. The Balaban J connectivity index is 1.57. The third-order valence-electron chi connectivity index (χ3n) is 5.97. The van der Waals surface area contributed by atoms with E-state index in [0.29, 0.717) is 11.3 Å². The van der Waals surface area contributed by atoms with E-state index in [1.807, 2.05) is 38.1 Å². The van der Waals surface area contributed by atoms with Gasteiger partial charge in [-0.3, -0.25) is 14.5 Å². The molecule has 0 bridgehead atoms. The molecule has 1 aromatic heterocycles. The molecule has 2 saturated heterocycles. The molecule has 4 amide bonds. The SMILES string of the molecule is C[C@@H]1CCC[C@@H](C)N1C(=O)CN1C(=O)N[C@@](C)(c2cc3ccccc3o2)C1=O. The molecule has 3 heterocycles. The van der Waals surface area contributed by atoms with Crippen molar-refractivity contribution in [1.29, 1.82) is 0 Å². The van der Waals surface area contributed by atoms with E-state index >= 15 is 0 Å². The number of benzene rings is 1. The minimum Gasteiger partial charge on any atom is -0.458 e. The van der Waals surface area contributed by atoms with E-state index in [2.05, 4.69) is 5.32 Å². The lowest BCUT2D eigenvalue weighted by atomic mass is 9.97. The molecule has 4 rings (SSSR count). The molecule has 2 aromatic rings. The number of carbonyl (C=O) groups excluding carboxylic acids is 3. The summed E-state index contributed by atoms with van der Waals surface area (Å²) in [7, 11) is 0. The number of hydrogen-bond donors (Lipinski definition) is 1. The monoisotopic (exact) mass is 383 g/mol. The van der Waals surface area contributed by atoms with E-state index in [-0.39, 0.29) is 24.5 Å². The van der Waals surface area contributed by atoms with Crippen molar-refractivity contribution in [3.8, 4) is 0 Å². The van der Waals surface area contributed by atoms with Crippen molar-refractivity contribution in [3.63, 3.8) is 0 Å². The number of piperidine rings is 1. The second-order valence-electron chi connectivity index (χ2n) is 8.02. The Bertz CT molecular complexity index is 909. The van der Waals surface area contributed by atoms with Gasteiger partial charge in [0.25, 0.3) is 5.91 Å². The third kappa shape index (κ3) is 2.85. The number of urea groups is 1. The smallest absolute Gasteiger partial charge is 0.325 e. The molecule has 2 aliphatic heterocycles. The Labute approximate surface area is 163 Å². The zero-order chi connectivity index (χ0) is 20.1. The standard InChI is InChI=1S/C21H25N3O4/c1-13-7-6-8-14(2)24(13)18(25)12-23-19(26)21(3,22-20(23)27)17-11-15-9-4-5-10-16(15)28-17/h4-5,9-11,13-14H,6-8,12H2,1-3H3,(H,22,27)/t13-,14-,21+/m1/s1. The third-order valence-corrected chi connectivity index (χ3v) is 5.97. The first-order valence-electron chi connectivity index (χ1n) is 9.75. The maximum atomic E-state index is 13.1. The van der Waals surface area contributed by atoms with Gasteiger partial charge in [-0.15, -0.1) is 0 Å². The maximum absolute atomic E-state index is 13.1. The van der Waals surface area contributed by atoms with Crippen LogP contribution in [0.3, 0.4) is 0 Å². The lowest BCUT2D eigenvalue weighted by molar-refractivity contribution is -0.142. The van der Waals surface area contributed by atoms with Crippen LogP contribution in [0.25, 0.3) is 11.0 Å². The van der Waals surface area contributed by atoms with E-state index in [1.54, 1.807) is 17.9 Å². The zero-order valence-corrected chi connectivity index (χ0v) is 16.4. The fourth-order valence-electron chi connectivity index (χ4n) is 4.37. The molecule has 1 aromatic carbocycles. The van der Waals surface area contributed by atoms with Crippen LogP contribution in [0.15, 0.2) is 34.7 Å². The number of imide groups is 1. The molecule has 0 aliphatic carbocycles. The average Bonchev–Trinajstić information content (AvgIpc) is 3.18. The van der Waals surface area contributed by atoms with Crippen LogP contribution >= 0.6 is 0 Å². The molecular weight excluding hydrogens is 358 g/mol. The predicted octanol–water partition coefficient (Wildman–Crippen LogP) is 2.99. The van der Waals surface area contributed by atoms with Gasteiger partial charge in [0.2, 0.25) is 5.91 Å². The van der Waals surface area contributed by atoms with E-state index in [4.69, 9.17) is 4.42 Å². The Morgan fingerprint density at radius 2 is 1.89 bits per heavy atom. The number of fused-ring (bicyclic) bond motifs is 1. The van der Waals surface area contributed by atoms with Crippen LogP contribution in [0.5, 0.6) is 0 Å². The molecule has 148 valence electrons. The quantitative estimate of drug-likeness (QED) is 0.826. The van der Waals surface area contributed by atoms with Crippen LogP contribution in [0.2, 0.25) is 0 Å². The summed E-state index contributed by atoms with van der Waals surface area (Å²) in [6.07, 6.45) is 2.96. The summed E-state index contributed by atoms with van der Waals surface area (Å²) < 4.78 is 5.82. The molecule has 7 nitrogen and oxygen atoms in total. The van der Waals surface area contributed by atoms with Crippen molar-refractivity contribution >= 4 is 28.8 Å². The molecule has 1 N–H and O–H groups in total. The van der Waals surface area contributed by atoms with Gasteiger partial charge in [-0.25, -0.2) is 4.79 Å². The highest BCUT2D eigenvalue weighted by atomic mass is 16.3. The first-order chi connectivity index (χ1) is 13.3. The van der Waals surface area contributed by atoms with Gasteiger partial charge in [0, 0.05) is 17.5 Å². The van der Waals surface area contributed by atoms with E-state index in [9.17, 15) is 14.4 Å². The molecule has 3 atom stereocenters. The lowest BCUT2D eigenvalue weighted by Gasteiger charge is -2.39. The second kappa shape index (κ2) is 6.65. The highest BCUT2D eigenvalue weighted by molar-refractivity contribution is 6.09. The van der Waals surface area contributed by atoms with Crippen molar-refractivity contribution in [2.24, 2.45) is 0 Å². The molecule has 2 aliphatic rings. The number of hydrogen-bond acceptors (Lipinski definition) is 4.